The van der Waals surface area contributed by atoms with Crippen LogP contribution in [0.2, 0.25) is 0 Å². The molecule has 2 heterocycles. The quantitative estimate of drug-likeness (QED) is 0.280. The summed E-state index contributed by atoms with van der Waals surface area (Å²) in [5.41, 5.74) is 5.15. The highest BCUT2D eigenvalue weighted by Crippen LogP contribution is 2.27. The van der Waals surface area contributed by atoms with Gasteiger partial charge < -0.3 is 17.0 Å². The van der Waals surface area contributed by atoms with Crippen molar-refractivity contribution >= 4 is 17.1 Å². The summed E-state index contributed by atoms with van der Waals surface area (Å²) < 4.78 is 1.98. The Balaban J connectivity index is 0.00000272. The Morgan fingerprint density at radius 3 is 2.45 bits per heavy atom. The molecule has 3 nitrogen and oxygen atoms in total. The normalized spacial score (nSPS) is 10.5. The van der Waals surface area contributed by atoms with E-state index in [2.05, 4.69) is 36.6 Å². The van der Waals surface area contributed by atoms with Crippen LogP contribution in [0.25, 0.3) is 22.0 Å². The Kier molecular flexibility index (Phi) is 8.27. The van der Waals surface area contributed by atoms with Gasteiger partial charge in [-0.15, -0.1) is 11.3 Å². The molecule has 0 aliphatic heterocycles. The van der Waals surface area contributed by atoms with Crippen molar-refractivity contribution in [3.63, 3.8) is 0 Å². The number of Topliss-reactive ketones (excluding diaryl/α,β-unsaturated/α-hetero) is 1. The lowest BCUT2D eigenvalue weighted by molar-refractivity contribution is -0.672. The number of carbonyl (C=O) groups excluding carboxylic acids is 1. The number of halogens is 1. The lowest BCUT2D eigenvalue weighted by atomic mass is 10.1. The van der Waals surface area contributed by atoms with Crippen molar-refractivity contribution in [3.8, 4) is 22.0 Å². The maximum absolute atomic E-state index is 12.7. The van der Waals surface area contributed by atoms with Crippen molar-refractivity contribution in [3.05, 3.63) is 95.5 Å². The van der Waals surface area contributed by atoms with E-state index < -0.39 is 0 Å². The van der Waals surface area contributed by atoms with Crippen LogP contribution in [0.4, 0.5) is 0 Å². The van der Waals surface area contributed by atoms with E-state index in [4.69, 9.17) is 4.98 Å². The molecule has 0 atom stereocenters. The fourth-order valence-electron chi connectivity index (χ4n) is 3.43. The molecule has 0 saturated heterocycles. The number of aromatic nitrogens is 2. The van der Waals surface area contributed by atoms with Crippen LogP contribution in [0.15, 0.2) is 84.4 Å². The first-order valence-electron chi connectivity index (χ1n) is 10.4. The molecule has 0 spiro atoms. The summed E-state index contributed by atoms with van der Waals surface area (Å²) in [6.07, 6.45) is 5.50. The Morgan fingerprint density at radius 2 is 1.71 bits per heavy atom. The van der Waals surface area contributed by atoms with Gasteiger partial charge in [-0.3, -0.25) is 4.79 Å². The number of nitrogens with zero attached hydrogens (tertiary/aromatic N) is 2. The van der Waals surface area contributed by atoms with Gasteiger partial charge in [-0.1, -0.05) is 67.9 Å². The van der Waals surface area contributed by atoms with Crippen molar-refractivity contribution in [2.45, 2.75) is 32.7 Å². The van der Waals surface area contributed by atoms with Crippen molar-refractivity contribution in [2.75, 3.05) is 0 Å². The molecule has 0 aliphatic carbocycles. The Labute approximate surface area is 198 Å². The molecule has 158 valence electrons. The summed E-state index contributed by atoms with van der Waals surface area (Å²) in [6.45, 7) is 2.51. The third-order valence-corrected chi connectivity index (χ3v) is 6.01. The van der Waals surface area contributed by atoms with E-state index in [9.17, 15) is 4.79 Å². The first-order valence-corrected chi connectivity index (χ1v) is 11.2. The molecule has 4 aromatic rings. The molecule has 0 aliphatic rings. The zero-order chi connectivity index (χ0) is 20.8. The lowest BCUT2D eigenvalue weighted by Gasteiger charge is -2.02. The maximum Gasteiger partial charge on any atom is 0.241 e. The van der Waals surface area contributed by atoms with Crippen molar-refractivity contribution in [1.82, 2.24) is 4.98 Å². The Bertz CT molecular complexity index is 1120. The molecule has 5 heteroatoms. The van der Waals surface area contributed by atoms with E-state index in [-0.39, 0.29) is 22.8 Å². The van der Waals surface area contributed by atoms with Gasteiger partial charge in [0.05, 0.1) is 5.69 Å². The van der Waals surface area contributed by atoms with Gasteiger partial charge in [0, 0.05) is 28.6 Å². The molecular weight excluding hydrogens is 468 g/mol. The Morgan fingerprint density at radius 1 is 0.968 bits per heavy atom. The maximum atomic E-state index is 12.7. The highest BCUT2D eigenvalue weighted by molar-refractivity contribution is 7.13. The molecule has 0 saturated carbocycles. The third-order valence-electron chi connectivity index (χ3n) is 5.14. The first kappa shape index (κ1) is 23.0. The number of hydrogen-bond acceptors (Lipinski definition) is 3. The molecule has 0 amide bonds. The summed E-state index contributed by atoms with van der Waals surface area (Å²) in [5, 5.41) is 3.01. The molecule has 0 N–H and O–H groups in total. The summed E-state index contributed by atoms with van der Waals surface area (Å²) in [5.74, 6) is 0.0903. The second kappa shape index (κ2) is 11.1. The molecule has 0 fully saturated rings. The smallest absolute Gasteiger partial charge is 0.241 e. The van der Waals surface area contributed by atoms with Gasteiger partial charge in [0.15, 0.2) is 11.2 Å². The van der Waals surface area contributed by atoms with Crippen LogP contribution >= 0.6 is 11.3 Å². The van der Waals surface area contributed by atoms with Crippen LogP contribution in [0, 0.1) is 0 Å². The number of carbonyl (C=O) groups is 1. The van der Waals surface area contributed by atoms with Gasteiger partial charge in [0.1, 0.15) is 0 Å². The zero-order valence-corrected chi connectivity index (χ0v) is 19.9. The number of rotatable bonds is 8. The fourth-order valence-corrected chi connectivity index (χ4v) is 4.29. The molecular formula is C26H25BrN2OS. The summed E-state index contributed by atoms with van der Waals surface area (Å²) >= 11 is 1.61. The van der Waals surface area contributed by atoms with E-state index >= 15 is 0 Å². The first-order chi connectivity index (χ1) is 14.7. The molecule has 4 rings (SSSR count). The average molecular weight is 493 g/mol. The highest BCUT2D eigenvalue weighted by atomic mass is 79.9. The topological polar surface area (TPSA) is 33.8 Å². The predicted molar refractivity (Wildman–Crippen MR) is 123 cm³/mol. The molecule has 2 aromatic carbocycles. The number of thiazole rings is 1. The van der Waals surface area contributed by atoms with Crippen molar-refractivity contribution < 1.29 is 26.3 Å². The van der Waals surface area contributed by atoms with Crippen molar-refractivity contribution in [2.24, 2.45) is 0 Å². The monoisotopic (exact) mass is 492 g/mol. The second-order valence-corrected chi connectivity index (χ2v) is 8.20. The minimum atomic E-state index is 0. The molecule has 31 heavy (non-hydrogen) atoms. The van der Waals surface area contributed by atoms with Gasteiger partial charge in [0.25, 0.3) is 0 Å². The van der Waals surface area contributed by atoms with Crippen LogP contribution in [-0.2, 0) is 13.0 Å². The van der Waals surface area contributed by atoms with E-state index in [1.165, 1.54) is 18.4 Å². The standard InChI is InChI=1S/C26H25N2OS.BrH/c1-2-3-9-20-13-15-21(16-14-20)23-19-30-26(27-23)24-12-7-8-17-28(24)18-25(29)22-10-5-4-6-11-22;/h4-8,10-17,19H,2-3,9,18H2,1H3;1H/q+1;/p-1. The van der Waals surface area contributed by atoms with Crippen LogP contribution in [0.1, 0.15) is 35.7 Å². The van der Waals surface area contributed by atoms with Gasteiger partial charge in [0.2, 0.25) is 18.0 Å². The number of unbranched alkanes of at least 4 members (excludes halogenated alkanes) is 1. The average Bonchev–Trinajstić information content (AvgIpc) is 3.29. The van der Waals surface area contributed by atoms with Crippen LogP contribution in [0.5, 0.6) is 0 Å². The largest absolute Gasteiger partial charge is 1.00 e. The van der Waals surface area contributed by atoms with E-state index in [0.717, 1.165) is 33.9 Å². The predicted octanol–water partition coefficient (Wildman–Crippen LogP) is 2.99. The lowest BCUT2D eigenvalue weighted by Crippen LogP contribution is -3.00. The zero-order valence-electron chi connectivity index (χ0n) is 17.5. The molecule has 0 radical (unpaired) electrons. The van der Waals surface area contributed by atoms with Crippen molar-refractivity contribution in [1.29, 1.82) is 0 Å². The van der Waals surface area contributed by atoms with Crippen LogP contribution in [-0.4, -0.2) is 10.8 Å². The van der Waals surface area contributed by atoms with E-state index in [1.54, 1.807) is 11.3 Å². The fraction of sp³-hybridized carbons (Fsp3) is 0.192. The minimum Gasteiger partial charge on any atom is -1.00 e. The second-order valence-electron chi connectivity index (χ2n) is 7.34. The number of hydrogen-bond donors (Lipinski definition) is 0. The van der Waals surface area contributed by atoms with Crippen LogP contribution in [0.3, 0.4) is 0 Å². The summed E-state index contributed by atoms with van der Waals surface area (Å²) in [4.78, 5) is 17.6. The Hall–Kier alpha value is -2.63. The van der Waals surface area contributed by atoms with Gasteiger partial charge in [-0.05, 0) is 24.5 Å². The van der Waals surface area contributed by atoms with Gasteiger partial charge in [-0.25, -0.2) is 4.98 Å². The SMILES string of the molecule is CCCCc1ccc(-c2csc(-c3cccc[n+]3CC(=O)c3ccccc3)n2)cc1.[Br-]. The number of aryl methyl sites for hydroxylation is 1. The number of ketones is 1. The summed E-state index contributed by atoms with van der Waals surface area (Å²) in [7, 11) is 0. The van der Waals surface area contributed by atoms with Crippen LogP contribution < -0.4 is 21.5 Å². The summed E-state index contributed by atoms with van der Waals surface area (Å²) in [6, 6.07) is 24.1. The minimum absolute atomic E-state index is 0. The molecule has 2 aromatic heterocycles. The number of benzene rings is 2. The molecule has 0 unspecified atom stereocenters. The van der Waals surface area contributed by atoms with E-state index in [0.29, 0.717) is 6.54 Å². The van der Waals surface area contributed by atoms with Gasteiger partial charge >= 0.3 is 0 Å². The number of pyridine rings is 1. The van der Waals surface area contributed by atoms with Gasteiger partial charge in [-0.2, -0.15) is 4.57 Å². The highest BCUT2D eigenvalue weighted by Gasteiger charge is 2.20. The third kappa shape index (κ3) is 5.75. The van der Waals surface area contributed by atoms with E-state index in [1.807, 2.05) is 59.3 Å². The molecule has 0 bridgehead atoms.